The van der Waals surface area contributed by atoms with E-state index in [1.54, 1.807) is 26.4 Å². The van der Waals surface area contributed by atoms with Gasteiger partial charge in [-0.05, 0) is 40.9 Å². The topological polar surface area (TPSA) is 44.8 Å². The molecule has 0 bridgehead atoms. The largest absolute Gasteiger partial charge is 0.496 e. The van der Waals surface area contributed by atoms with Crippen LogP contribution in [0, 0.1) is 5.92 Å². The number of ether oxygens (including phenoxy) is 3. The maximum atomic E-state index is 12.6. The van der Waals surface area contributed by atoms with Crippen molar-refractivity contribution < 1.29 is 19.0 Å². The third kappa shape index (κ3) is 3.09. The average molecular weight is 329 g/mol. The summed E-state index contributed by atoms with van der Waals surface area (Å²) in [5.74, 6) is 1.32. The average Bonchev–Trinajstić information content (AvgIpc) is 2.47. The lowest BCUT2D eigenvalue weighted by Gasteiger charge is -2.22. The van der Waals surface area contributed by atoms with Crippen LogP contribution in [0.4, 0.5) is 0 Å². The van der Waals surface area contributed by atoms with Gasteiger partial charge in [0.2, 0.25) is 0 Å². The summed E-state index contributed by atoms with van der Waals surface area (Å²) < 4.78 is 16.6. The van der Waals surface area contributed by atoms with E-state index in [0.29, 0.717) is 30.3 Å². The lowest BCUT2D eigenvalue weighted by molar-refractivity contribution is 0.0543. The molecule has 4 nitrogen and oxygen atoms in total. The van der Waals surface area contributed by atoms with E-state index in [1.807, 2.05) is 0 Å². The third-order valence-electron chi connectivity index (χ3n) is 3.33. The van der Waals surface area contributed by atoms with E-state index >= 15 is 0 Å². The number of carbonyl (C=O) groups excluding carboxylic acids is 1. The summed E-state index contributed by atoms with van der Waals surface area (Å²) in [6.07, 6.45) is 1.53. The van der Waals surface area contributed by atoms with Gasteiger partial charge in [0.05, 0.1) is 24.3 Å². The molecule has 1 aliphatic heterocycles. The monoisotopic (exact) mass is 328 g/mol. The summed E-state index contributed by atoms with van der Waals surface area (Å²) in [4.78, 5) is 12.6. The van der Waals surface area contributed by atoms with E-state index in [-0.39, 0.29) is 11.7 Å². The van der Waals surface area contributed by atoms with E-state index in [2.05, 4.69) is 15.9 Å². The summed E-state index contributed by atoms with van der Waals surface area (Å²) in [5.41, 5.74) is 0.578. The van der Waals surface area contributed by atoms with Crippen LogP contribution in [0.15, 0.2) is 16.6 Å². The molecule has 1 saturated heterocycles. The first-order valence-corrected chi connectivity index (χ1v) is 7.00. The van der Waals surface area contributed by atoms with Gasteiger partial charge in [-0.15, -0.1) is 0 Å². The molecule has 0 radical (unpaired) electrons. The van der Waals surface area contributed by atoms with Crippen molar-refractivity contribution in [2.45, 2.75) is 12.8 Å². The summed E-state index contributed by atoms with van der Waals surface area (Å²) in [6, 6.07) is 3.51. The number of rotatable bonds is 4. The fraction of sp³-hybridized carbons (Fsp3) is 0.500. The number of carbonyl (C=O) groups is 1. The lowest BCUT2D eigenvalue weighted by Crippen LogP contribution is -2.24. The van der Waals surface area contributed by atoms with Crippen molar-refractivity contribution in [2.75, 3.05) is 27.4 Å². The van der Waals surface area contributed by atoms with Crippen molar-refractivity contribution in [3.63, 3.8) is 0 Å². The molecule has 0 saturated carbocycles. The number of methoxy groups -OCH3 is 2. The molecule has 0 amide bonds. The maximum Gasteiger partial charge on any atom is 0.169 e. The van der Waals surface area contributed by atoms with Gasteiger partial charge in [0.25, 0.3) is 0 Å². The van der Waals surface area contributed by atoms with Gasteiger partial charge in [-0.25, -0.2) is 0 Å². The summed E-state index contributed by atoms with van der Waals surface area (Å²) >= 11 is 3.39. The van der Waals surface area contributed by atoms with Crippen LogP contribution in [0.3, 0.4) is 0 Å². The second-order valence-corrected chi connectivity index (χ2v) is 5.29. The van der Waals surface area contributed by atoms with Crippen LogP contribution in [0.1, 0.15) is 23.2 Å². The van der Waals surface area contributed by atoms with Crippen LogP contribution < -0.4 is 9.47 Å². The van der Waals surface area contributed by atoms with Gasteiger partial charge in [0.15, 0.2) is 5.78 Å². The fourth-order valence-corrected chi connectivity index (χ4v) is 2.72. The number of Topliss-reactive ketones (excluding diaryl/α,β-unsaturated/α-hetero) is 1. The van der Waals surface area contributed by atoms with Crippen molar-refractivity contribution in [2.24, 2.45) is 5.92 Å². The Hall–Kier alpha value is -1.07. The number of halogens is 1. The quantitative estimate of drug-likeness (QED) is 0.797. The van der Waals surface area contributed by atoms with Gasteiger partial charge in [-0.1, -0.05) is 0 Å². The summed E-state index contributed by atoms with van der Waals surface area (Å²) in [5, 5.41) is 0. The third-order valence-corrected chi connectivity index (χ3v) is 3.95. The second-order valence-electron chi connectivity index (χ2n) is 4.44. The molecule has 1 aromatic carbocycles. The van der Waals surface area contributed by atoms with Crippen LogP contribution in [0.2, 0.25) is 0 Å². The molecule has 0 spiro atoms. The van der Waals surface area contributed by atoms with Crippen molar-refractivity contribution in [3.05, 3.63) is 22.2 Å². The Morgan fingerprint density at radius 3 is 2.42 bits per heavy atom. The smallest absolute Gasteiger partial charge is 0.169 e. The van der Waals surface area contributed by atoms with Crippen LogP contribution in [0.25, 0.3) is 0 Å². The minimum absolute atomic E-state index is 0.00790. The Balaban J connectivity index is 2.33. The zero-order chi connectivity index (χ0) is 13.8. The Labute approximate surface area is 121 Å². The van der Waals surface area contributed by atoms with Crippen LogP contribution >= 0.6 is 15.9 Å². The molecule has 2 rings (SSSR count). The van der Waals surface area contributed by atoms with Crippen LogP contribution in [-0.2, 0) is 4.74 Å². The Kier molecular flexibility index (Phi) is 4.82. The Bertz CT molecular complexity index is 467. The van der Waals surface area contributed by atoms with Crippen molar-refractivity contribution in [1.29, 1.82) is 0 Å². The fourth-order valence-electron chi connectivity index (χ4n) is 2.23. The minimum Gasteiger partial charge on any atom is -0.496 e. The predicted octanol–water partition coefficient (Wildman–Crippen LogP) is 3.08. The molecule has 1 aliphatic rings. The standard InChI is InChI=1S/C14H17BrO4/c1-17-12-8-11(15)13(18-2)7-10(12)14(16)9-3-5-19-6-4-9/h7-9H,3-6H2,1-2H3. The molecule has 0 aliphatic carbocycles. The molecule has 0 unspecified atom stereocenters. The van der Waals surface area contributed by atoms with Gasteiger partial charge < -0.3 is 14.2 Å². The highest BCUT2D eigenvalue weighted by Gasteiger charge is 2.26. The molecule has 19 heavy (non-hydrogen) atoms. The highest BCUT2D eigenvalue weighted by molar-refractivity contribution is 9.10. The van der Waals surface area contributed by atoms with E-state index in [0.717, 1.165) is 17.3 Å². The normalized spacial score (nSPS) is 16.2. The van der Waals surface area contributed by atoms with E-state index < -0.39 is 0 Å². The first-order valence-electron chi connectivity index (χ1n) is 6.21. The van der Waals surface area contributed by atoms with Gasteiger partial charge in [-0.3, -0.25) is 4.79 Å². The first-order chi connectivity index (χ1) is 9.17. The van der Waals surface area contributed by atoms with E-state index in [1.165, 1.54) is 0 Å². The van der Waals surface area contributed by atoms with E-state index in [4.69, 9.17) is 14.2 Å². The van der Waals surface area contributed by atoms with Gasteiger partial charge in [0.1, 0.15) is 11.5 Å². The predicted molar refractivity (Wildman–Crippen MR) is 75.1 cm³/mol. The molecule has 0 N–H and O–H groups in total. The van der Waals surface area contributed by atoms with Crippen LogP contribution in [0.5, 0.6) is 11.5 Å². The summed E-state index contributed by atoms with van der Waals surface area (Å²) in [6.45, 7) is 1.29. The van der Waals surface area contributed by atoms with Crippen molar-refractivity contribution in [3.8, 4) is 11.5 Å². The number of hydrogen-bond donors (Lipinski definition) is 0. The minimum atomic E-state index is 0.00790. The molecule has 5 heteroatoms. The van der Waals surface area contributed by atoms with Crippen molar-refractivity contribution in [1.82, 2.24) is 0 Å². The zero-order valence-electron chi connectivity index (χ0n) is 11.1. The lowest BCUT2D eigenvalue weighted by atomic mass is 9.90. The number of hydrogen-bond acceptors (Lipinski definition) is 4. The van der Waals surface area contributed by atoms with Gasteiger partial charge in [-0.2, -0.15) is 0 Å². The molecule has 1 heterocycles. The number of ketones is 1. The zero-order valence-corrected chi connectivity index (χ0v) is 12.7. The molecule has 0 atom stereocenters. The molecule has 104 valence electrons. The molecule has 0 aromatic heterocycles. The molecular formula is C14H17BrO4. The number of benzene rings is 1. The highest BCUT2D eigenvalue weighted by atomic mass is 79.9. The van der Waals surface area contributed by atoms with Gasteiger partial charge >= 0.3 is 0 Å². The Morgan fingerprint density at radius 1 is 1.21 bits per heavy atom. The molecular weight excluding hydrogens is 312 g/mol. The molecule has 1 fully saturated rings. The van der Waals surface area contributed by atoms with Gasteiger partial charge in [0, 0.05) is 19.1 Å². The Morgan fingerprint density at radius 2 is 1.84 bits per heavy atom. The second kappa shape index (κ2) is 6.39. The highest BCUT2D eigenvalue weighted by Crippen LogP contribution is 2.35. The first kappa shape index (κ1) is 14.3. The van der Waals surface area contributed by atoms with Crippen LogP contribution in [-0.4, -0.2) is 33.2 Å². The van der Waals surface area contributed by atoms with E-state index in [9.17, 15) is 4.79 Å². The molecule has 1 aromatic rings. The van der Waals surface area contributed by atoms with Crippen molar-refractivity contribution >= 4 is 21.7 Å². The maximum absolute atomic E-state index is 12.6. The summed E-state index contributed by atoms with van der Waals surface area (Å²) in [7, 11) is 3.14. The SMILES string of the molecule is COc1cc(C(=O)C2CCOCC2)c(OC)cc1Br.